The van der Waals surface area contributed by atoms with Crippen molar-refractivity contribution in [1.29, 1.82) is 0 Å². The van der Waals surface area contributed by atoms with Crippen LogP contribution in [0.5, 0.6) is 0 Å². The van der Waals surface area contributed by atoms with E-state index in [4.69, 9.17) is 0 Å². The van der Waals surface area contributed by atoms with E-state index in [-0.39, 0.29) is 10.8 Å². The van der Waals surface area contributed by atoms with Crippen molar-refractivity contribution in [2.45, 2.75) is 62.6 Å². The molecule has 0 bridgehead atoms. The topological polar surface area (TPSA) is 0 Å². The Bertz CT molecular complexity index is 479. The van der Waals surface area contributed by atoms with Crippen molar-refractivity contribution >= 4 is 13.3 Å². The van der Waals surface area contributed by atoms with Crippen LogP contribution in [0, 0.1) is 10.8 Å². The van der Waals surface area contributed by atoms with Crippen LogP contribution in [0.2, 0.25) is 21.0 Å². The molecule has 2 aliphatic carbocycles. The van der Waals surface area contributed by atoms with E-state index in [1.54, 1.807) is 0 Å². The van der Waals surface area contributed by atoms with Gasteiger partial charge in [-0.25, -0.2) is 0 Å². The van der Waals surface area contributed by atoms with Crippen LogP contribution in [0.3, 0.4) is 0 Å². The van der Waals surface area contributed by atoms with Gasteiger partial charge >= 0.3 is 134 Å². The number of allylic oxidation sites excluding steroid dienone is 8. The van der Waals surface area contributed by atoms with Gasteiger partial charge in [0.2, 0.25) is 0 Å². The second-order valence-corrected chi connectivity index (χ2v) is 19.8. The van der Waals surface area contributed by atoms with E-state index in [1.807, 2.05) is 0 Å². The Hall–Kier alpha value is -0.497. The van der Waals surface area contributed by atoms with Gasteiger partial charge in [-0.05, 0) is 0 Å². The number of hydrogen-bond acceptors (Lipinski definition) is 0. The summed E-state index contributed by atoms with van der Waals surface area (Å²) in [6.07, 6.45) is 14.9. The second kappa shape index (κ2) is 5.30. The quantitative estimate of drug-likeness (QED) is 0.500. The minimum atomic E-state index is -1.98. The van der Waals surface area contributed by atoms with Gasteiger partial charge in [0.15, 0.2) is 0 Å². The fourth-order valence-electron chi connectivity index (χ4n) is 3.17. The summed E-state index contributed by atoms with van der Waals surface area (Å²) in [5.41, 5.74) is 3.60. The van der Waals surface area contributed by atoms with Gasteiger partial charge in [0.1, 0.15) is 0 Å². The average Bonchev–Trinajstić information content (AvgIpc) is 2.97. The molecule has 2 aliphatic rings. The second-order valence-electron chi connectivity index (χ2n) is 9.34. The van der Waals surface area contributed by atoms with E-state index < -0.39 is 13.3 Å². The summed E-state index contributed by atoms with van der Waals surface area (Å²) in [5, 5.41) is 0. The van der Waals surface area contributed by atoms with Crippen LogP contribution in [-0.4, -0.2) is 13.3 Å². The van der Waals surface area contributed by atoms with Crippen molar-refractivity contribution < 1.29 is 0 Å². The first-order valence-electron chi connectivity index (χ1n) is 8.23. The molecule has 0 saturated carbocycles. The van der Waals surface area contributed by atoms with Gasteiger partial charge in [-0.15, -0.1) is 0 Å². The van der Waals surface area contributed by atoms with Gasteiger partial charge in [-0.1, -0.05) is 0 Å². The Balaban J connectivity index is 2.23. The first-order valence-corrected chi connectivity index (χ1v) is 14.9. The molecule has 2 unspecified atom stereocenters. The monoisotopic (exact) mass is 346 g/mol. The summed E-state index contributed by atoms with van der Waals surface area (Å²) < 4.78 is 1.42. The third-order valence-electron chi connectivity index (χ3n) is 5.13. The Morgan fingerprint density at radius 2 is 1.05 bits per heavy atom. The van der Waals surface area contributed by atoms with Crippen LogP contribution >= 0.6 is 0 Å². The Morgan fingerprint density at radius 3 is 1.29 bits per heavy atom. The summed E-state index contributed by atoms with van der Waals surface area (Å²) in [6, 6.07) is 0. The van der Waals surface area contributed by atoms with E-state index >= 15 is 0 Å². The Morgan fingerprint density at radius 1 is 0.714 bits per heavy atom. The summed E-state index contributed by atoms with van der Waals surface area (Å²) in [6.45, 7) is 13.9. The summed E-state index contributed by atoms with van der Waals surface area (Å²) in [5.74, 6) is 5.18. The van der Waals surface area contributed by atoms with Gasteiger partial charge in [0, 0.05) is 0 Å². The fraction of sp³-hybridized carbons (Fsp3) is 0.600. The fourth-order valence-corrected chi connectivity index (χ4v) is 9.15. The zero-order valence-electron chi connectivity index (χ0n) is 15.1. The molecule has 0 aliphatic heterocycles. The van der Waals surface area contributed by atoms with Gasteiger partial charge < -0.3 is 0 Å². The van der Waals surface area contributed by atoms with Crippen molar-refractivity contribution in [3.8, 4) is 0 Å². The molecule has 2 rings (SSSR count). The molecule has 0 saturated heterocycles. The number of rotatable bonds is 2. The normalized spacial score (nSPS) is 26.3. The number of hydrogen-bond donors (Lipinski definition) is 0. The Labute approximate surface area is 134 Å². The third-order valence-corrected chi connectivity index (χ3v) is 13.9. The van der Waals surface area contributed by atoms with Crippen LogP contribution in [0.1, 0.15) is 41.5 Å². The van der Waals surface area contributed by atoms with Crippen LogP contribution < -0.4 is 0 Å². The molecule has 21 heavy (non-hydrogen) atoms. The first-order chi connectivity index (χ1) is 9.42. The average molecular weight is 345 g/mol. The van der Waals surface area contributed by atoms with Gasteiger partial charge in [-0.3, -0.25) is 0 Å². The molecule has 0 fully saturated rings. The molecule has 0 radical (unpaired) electrons. The van der Waals surface area contributed by atoms with Gasteiger partial charge in [-0.2, -0.15) is 0 Å². The van der Waals surface area contributed by atoms with E-state index in [0.717, 1.165) is 0 Å². The van der Waals surface area contributed by atoms with Gasteiger partial charge in [0.25, 0.3) is 0 Å². The van der Waals surface area contributed by atoms with Gasteiger partial charge in [0.05, 0.1) is 0 Å². The van der Waals surface area contributed by atoms with Crippen molar-refractivity contribution in [2.75, 3.05) is 0 Å². The molecule has 2 atom stereocenters. The van der Waals surface area contributed by atoms with Crippen molar-refractivity contribution in [2.24, 2.45) is 10.8 Å². The molecular weight excluding hydrogens is 313 g/mol. The standard InChI is InChI=1S/C20H32Ge/c1-19(2,3)15-9-11-17(13-15)21(7,8)18-12-10-16(14-18)20(4,5)6/h9-14,17-18H,1-8H3. The maximum absolute atomic E-state index is 2.59. The zero-order chi connectivity index (χ0) is 16.1. The van der Waals surface area contributed by atoms with Crippen molar-refractivity contribution in [3.63, 3.8) is 0 Å². The molecule has 0 heterocycles. The van der Waals surface area contributed by atoms with Crippen molar-refractivity contribution in [1.82, 2.24) is 0 Å². The molecular formula is C20H32Ge. The summed E-state index contributed by atoms with van der Waals surface area (Å²) >= 11 is -1.98. The minimum absolute atomic E-state index is 0.279. The molecule has 0 N–H and O–H groups in total. The summed E-state index contributed by atoms with van der Waals surface area (Å²) in [4.78, 5) is 0. The first kappa shape index (κ1) is 16.9. The van der Waals surface area contributed by atoms with E-state index in [2.05, 4.69) is 89.5 Å². The molecule has 0 aromatic carbocycles. The zero-order valence-corrected chi connectivity index (χ0v) is 17.2. The molecule has 0 aromatic rings. The van der Waals surface area contributed by atoms with Crippen LogP contribution in [0.25, 0.3) is 0 Å². The predicted molar refractivity (Wildman–Crippen MR) is 98.3 cm³/mol. The third kappa shape index (κ3) is 3.47. The maximum atomic E-state index is 2.59. The SMILES string of the molecule is CC(C)(C)C1=C[CH]([Ge]([CH3])([CH3])[CH]2C=CC(C(C)(C)C)=C2)C=C1. The van der Waals surface area contributed by atoms with Crippen LogP contribution in [-0.2, 0) is 0 Å². The summed E-state index contributed by atoms with van der Waals surface area (Å²) in [7, 11) is 0. The predicted octanol–water partition coefficient (Wildman–Crippen LogP) is 6.52. The molecule has 1 heteroatoms. The van der Waals surface area contributed by atoms with Crippen LogP contribution in [0.15, 0.2) is 47.6 Å². The van der Waals surface area contributed by atoms with Crippen LogP contribution in [0.4, 0.5) is 0 Å². The Kier molecular flexibility index (Phi) is 4.25. The molecule has 0 spiro atoms. The molecule has 116 valence electrons. The van der Waals surface area contributed by atoms with E-state index in [9.17, 15) is 0 Å². The van der Waals surface area contributed by atoms with E-state index in [1.165, 1.54) is 11.1 Å². The molecule has 0 aromatic heterocycles. The molecule has 0 amide bonds. The molecule has 0 nitrogen and oxygen atoms in total. The van der Waals surface area contributed by atoms with Crippen molar-refractivity contribution in [3.05, 3.63) is 47.6 Å². The van der Waals surface area contributed by atoms with E-state index in [0.29, 0.717) is 9.50 Å².